The summed E-state index contributed by atoms with van der Waals surface area (Å²) in [6, 6.07) is 1.09. The second-order valence-corrected chi connectivity index (χ2v) is 7.56. The lowest BCUT2D eigenvalue weighted by molar-refractivity contribution is -0.275. The zero-order valence-corrected chi connectivity index (χ0v) is 19.2. The molecular weight excluding hydrogens is 431 g/mol. The van der Waals surface area contributed by atoms with Crippen molar-refractivity contribution in [3.63, 3.8) is 0 Å². The van der Waals surface area contributed by atoms with Gasteiger partial charge in [-0.2, -0.15) is 0 Å². The molecule has 1 rings (SSSR count). The van der Waals surface area contributed by atoms with Gasteiger partial charge in [-0.15, -0.1) is 13.2 Å². The van der Waals surface area contributed by atoms with Crippen LogP contribution in [-0.4, -0.2) is 29.8 Å². The molecule has 0 aliphatic heterocycles. The van der Waals surface area contributed by atoms with Crippen LogP contribution in [0.1, 0.15) is 76.7 Å². The molecule has 4 nitrogen and oxygen atoms in total. The van der Waals surface area contributed by atoms with Gasteiger partial charge in [-0.25, -0.2) is 8.78 Å². The number of nitrogens with zero attached hydrogens (tertiary/aromatic N) is 2. The number of ether oxygens (including phenoxy) is 1. The molecule has 0 saturated carbocycles. The molecule has 0 aliphatic carbocycles. The number of halogens is 5. The van der Waals surface area contributed by atoms with Crippen LogP contribution < -0.4 is 4.74 Å². The normalized spacial score (nSPS) is 15.5. The number of aliphatic hydroxyl groups excluding tert-OH is 1. The molecule has 0 radical (unpaired) electrons. The molecule has 0 saturated heterocycles. The molecule has 2 unspecified atom stereocenters. The van der Waals surface area contributed by atoms with Crippen LogP contribution in [0, 0.1) is 12.8 Å². The maximum Gasteiger partial charge on any atom is 0.573 e. The smallest absolute Gasteiger partial charge is 0.403 e. The first-order chi connectivity index (χ1) is 14.9. The van der Waals surface area contributed by atoms with Gasteiger partial charge in [0.2, 0.25) is 0 Å². The van der Waals surface area contributed by atoms with Gasteiger partial charge in [0.25, 0.3) is 6.43 Å². The Morgan fingerprint density at radius 2 is 1.88 bits per heavy atom. The van der Waals surface area contributed by atoms with E-state index in [1.54, 1.807) is 19.9 Å². The van der Waals surface area contributed by atoms with Crippen molar-refractivity contribution in [2.45, 2.75) is 79.7 Å². The summed E-state index contributed by atoms with van der Waals surface area (Å²) in [6.45, 7) is 10.6. The summed E-state index contributed by atoms with van der Waals surface area (Å²) < 4.78 is 70.6. The predicted octanol–water partition coefficient (Wildman–Crippen LogP) is 7.56. The van der Waals surface area contributed by atoms with Crippen molar-refractivity contribution < 1.29 is 31.8 Å². The molecule has 1 aromatic rings. The maximum absolute atomic E-state index is 13.4. The summed E-state index contributed by atoms with van der Waals surface area (Å²) in [6.07, 6.45) is -5.73. The van der Waals surface area contributed by atoms with E-state index in [0.29, 0.717) is 29.8 Å². The topological polar surface area (TPSA) is 54.2 Å². The van der Waals surface area contributed by atoms with Crippen molar-refractivity contribution in [3.05, 3.63) is 28.8 Å². The number of rotatable bonds is 10. The largest absolute Gasteiger partial charge is 0.573 e. The molecular formula is C23H31F5N2O2. The summed E-state index contributed by atoms with van der Waals surface area (Å²) >= 11 is 0. The van der Waals surface area contributed by atoms with Gasteiger partial charge in [0.1, 0.15) is 11.8 Å². The zero-order chi connectivity index (χ0) is 24.6. The quantitative estimate of drug-likeness (QED) is 0.288. The molecule has 0 fully saturated rings. The zero-order valence-electron chi connectivity index (χ0n) is 19.2. The molecule has 0 heterocycles. The second kappa shape index (κ2) is 12.1. The Kier molecular flexibility index (Phi) is 10.5. The van der Waals surface area contributed by atoms with Crippen LogP contribution in [0.2, 0.25) is 0 Å². The Bertz CT molecular complexity index is 861. The SMILES string of the molecule is CC=N/C(=C\C(C)CC)c1cc(C(O)C(F)F)c(OC(F)(F)F)c(N=C(C)CCC)c1C. The molecule has 0 aliphatic rings. The molecule has 180 valence electrons. The molecule has 2 atom stereocenters. The van der Waals surface area contributed by atoms with Crippen molar-refractivity contribution in [1.82, 2.24) is 0 Å². The van der Waals surface area contributed by atoms with E-state index < -0.39 is 30.2 Å². The predicted molar refractivity (Wildman–Crippen MR) is 118 cm³/mol. The van der Waals surface area contributed by atoms with Gasteiger partial charge in [0, 0.05) is 23.1 Å². The number of allylic oxidation sites excluding steroid dienone is 1. The van der Waals surface area contributed by atoms with Crippen LogP contribution >= 0.6 is 0 Å². The highest BCUT2D eigenvalue weighted by atomic mass is 19.4. The van der Waals surface area contributed by atoms with Crippen LogP contribution in [-0.2, 0) is 0 Å². The third kappa shape index (κ3) is 7.69. The van der Waals surface area contributed by atoms with Crippen LogP contribution in [0.15, 0.2) is 22.1 Å². The van der Waals surface area contributed by atoms with Crippen LogP contribution in [0.5, 0.6) is 5.75 Å². The lowest BCUT2D eigenvalue weighted by Gasteiger charge is -2.23. The molecule has 0 spiro atoms. The standard InChI is InChI=1S/C23H31F5N2O2/c1-7-10-14(5)30-19-15(6)16(18(29-9-3)11-13(4)8-2)12-17(20(31)22(24)25)21(19)32-23(26,27)28/h9,11-13,20,22,31H,7-8,10H2,1-6H3/b18-11-,29-9?,30-14?. The van der Waals surface area contributed by atoms with E-state index in [1.165, 1.54) is 13.1 Å². The summed E-state index contributed by atoms with van der Waals surface area (Å²) in [4.78, 5) is 8.60. The minimum atomic E-state index is -5.16. The fraction of sp³-hybridized carbons (Fsp3) is 0.565. The van der Waals surface area contributed by atoms with Crippen molar-refractivity contribution in [2.24, 2.45) is 15.9 Å². The fourth-order valence-electron chi connectivity index (χ4n) is 3.08. The van der Waals surface area contributed by atoms with Gasteiger partial charge in [-0.1, -0.05) is 39.7 Å². The molecule has 9 heteroatoms. The maximum atomic E-state index is 13.4. The van der Waals surface area contributed by atoms with E-state index in [4.69, 9.17) is 0 Å². The lowest BCUT2D eigenvalue weighted by atomic mass is 9.94. The first-order valence-electron chi connectivity index (χ1n) is 10.5. The number of benzene rings is 1. The second-order valence-electron chi connectivity index (χ2n) is 7.56. The number of hydrogen-bond donors (Lipinski definition) is 1. The molecule has 0 aromatic heterocycles. The van der Waals surface area contributed by atoms with Crippen molar-refractivity contribution in [2.75, 3.05) is 0 Å². The van der Waals surface area contributed by atoms with Gasteiger partial charge in [0.05, 0.1) is 5.70 Å². The summed E-state index contributed by atoms with van der Waals surface area (Å²) in [5.74, 6) is -0.859. The van der Waals surface area contributed by atoms with Gasteiger partial charge in [0.15, 0.2) is 5.75 Å². The minimum absolute atomic E-state index is 0.0662. The average molecular weight is 463 g/mol. The first-order valence-corrected chi connectivity index (χ1v) is 10.5. The Morgan fingerprint density at radius 3 is 2.34 bits per heavy atom. The monoisotopic (exact) mass is 462 g/mol. The number of aliphatic hydroxyl groups is 1. The molecule has 32 heavy (non-hydrogen) atoms. The Morgan fingerprint density at radius 1 is 1.25 bits per heavy atom. The molecule has 0 bridgehead atoms. The van der Waals surface area contributed by atoms with Crippen LogP contribution in [0.3, 0.4) is 0 Å². The van der Waals surface area contributed by atoms with Gasteiger partial charge < -0.3 is 9.84 Å². The summed E-state index contributed by atoms with van der Waals surface area (Å²) in [5, 5.41) is 10.1. The van der Waals surface area contributed by atoms with Crippen molar-refractivity contribution in [1.29, 1.82) is 0 Å². The third-order valence-electron chi connectivity index (χ3n) is 4.86. The Labute approximate surface area is 185 Å². The van der Waals surface area contributed by atoms with Crippen molar-refractivity contribution in [3.8, 4) is 5.75 Å². The number of hydrogen-bond acceptors (Lipinski definition) is 4. The lowest BCUT2D eigenvalue weighted by Crippen LogP contribution is -2.21. The fourth-order valence-corrected chi connectivity index (χ4v) is 3.08. The van der Waals surface area contributed by atoms with Gasteiger partial charge >= 0.3 is 6.36 Å². The summed E-state index contributed by atoms with van der Waals surface area (Å²) in [5.41, 5.74) is 0.541. The van der Waals surface area contributed by atoms with Gasteiger partial charge in [-0.3, -0.25) is 9.98 Å². The summed E-state index contributed by atoms with van der Waals surface area (Å²) in [7, 11) is 0. The van der Waals surface area contributed by atoms with E-state index in [-0.39, 0.29) is 17.2 Å². The Hall–Kier alpha value is -2.29. The van der Waals surface area contributed by atoms with E-state index in [0.717, 1.165) is 12.5 Å². The van der Waals surface area contributed by atoms with Crippen LogP contribution in [0.4, 0.5) is 27.6 Å². The van der Waals surface area contributed by atoms with E-state index in [1.807, 2.05) is 20.8 Å². The molecule has 0 amide bonds. The average Bonchev–Trinajstić information content (AvgIpc) is 2.69. The highest BCUT2D eigenvalue weighted by Crippen LogP contribution is 2.45. The van der Waals surface area contributed by atoms with E-state index in [2.05, 4.69) is 14.7 Å². The van der Waals surface area contributed by atoms with E-state index >= 15 is 0 Å². The minimum Gasteiger partial charge on any atom is -0.403 e. The number of alkyl halides is 5. The van der Waals surface area contributed by atoms with Crippen LogP contribution in [0.25, 0.3) is 5.70 Å². The highest BCUT2D eigenvalue weighted by molar-refractivity contribution is 5.88. The third-order valence-corrected chi connectivity index (χ3v) is 4.86. The molecule has 1 N–H and O–H groups in total. The number of aliphatic imine (C=N–C) groups is 2. The first kappa shape index (κ1) is 27.7. The Balaban J connectivity index is 4.08. The van der Waals surface area contributed by atoms with E-state index in [9.17, 15) is 27.1 Å². The van der Waals surface area contributed by atoms with Crippen molar-refractivity contribution >= 4 is 23.3 Å². The highest BCUT2D eigenvalue weighted by Gasteiger charge is 2.37. The van der Waals surface area contributed by atoms with Gasteiger partial charge in [-0.05, 0) is 44.7 Å². The molecule has 1 aromatic carbocycles.